The first-order valence-electron chi connectivity index (χ1n) is 11.1. The van der Waals surface area contributed by atoms with Gasteiger partial charge in [0.15, 0.2) is 12.6 Å². The summed E-state index contributed by atoms with van der Waals surface area (Å²) in [6.07, 6.45) is 8.39. The van der Waals surface area contributed by atoms with Gasteiger partial charge in [-0.1, -0.05) is 58.0 Å². The number of benzene rings is 2. The normalized spacial score (nSPS) is 11.8. The number of aldehydes is 2. The molecule has 0 spiro atoms. The van der Waals surface area contributed by atoms with E-state index in [0.29, 0.717) is 29.1 Å². The Bertz CT molecular complexity index is 1130. The molecule has 2 aromatic carbocycles. The molecule has 0 aliphatic heterocycles. The molecule has 16 heteroatoms. The molecule has 0 unspecified atom stereocenters. The van der Waals surface area contributed by atoms with Crippen LogP contribution >= 0.6 is 31.9 Å². The molecule has 0 aromatic heterocycles. The third kappa shape index (κ3) is 26.5. The van der Waals surface area contributed by atoms with Gasteiger partial charge in [-0.15, -0.1) is 0 Å². The Morgan fingerprint density at radius 2 is 1.43 bits per heavy atom. The van der Waals surface area contributed by atoms with Crippen LogP contribution in [0.5, 0.6) is 11.5 Å². The van der Waals surface area contributed by atoms with E-state index in [2.05, 4.69) is 66.0 Å². The Morgan fingerprint density at radius 1 is 0.950 bits per heavy atom. The van der Waals surface area contributed by atoms with E-state index in [1.165, 1.54) is 64.8 Å². The standard InChI is InChI=1S/C11H11BrO2.C7H5BrO2.C5H10.CH2O3.2K.S5.H/c12-10-3-4-11(9(5-10)6-13)14-7-8-1-2-8;8-6-1-2-7(10)5(3-6)4-9;1-2-5-3-4-5;2-1-4-3;;;1-3-5-4-2;/h3-6,8H,1-2,7H2;1-4,10H;5H,2-4H2,1H3;1,3H;;;;/q;;;;2*+1;;-1/p-1. The van der Waals surface area contributed by atoms with Crippen molar-refractivity contribution < 1.29 is 139 Å². The Balaban J connectivity index is -0.000000224. The molecule has 212 valence electrons. The zero-order chi connectivity index (χ0) is 28.8. The van der Waals surface area contributed by atoms with E-state index in [0.717, 1.165) is 27.8 Å². The van der Waals surface area contributed by atoms with Crippen molar-refractivity contribution in [3.05, 3.63) is 56.5 Å². The number of hydrogen-bond donors (Lipinski definition) is 1. The van der Waals surface area contributed by atoms with E-state index in [-0.39, 0.29) is 116 Å². The van der Waals surface area contributed by atoms with Crippen LogP contribution in [-0.2, 0) is 58.7 Å². The first-order valence-corrected chi connectivity index (χ1v) is 18.0. The smallest absolute Gasteiger partial charge is 1.00 e. The van der Waals surface area contributed by atoms with Gasteiger partial charge in [-0.25, -0.2) is 0 Å². The Labute approximate surface area is 357 Å². The second-order valence-corrected chi connectivity index (χ2v) is 14.8. The fraction of sp³-hybridized carbons (Fsp3) is 0.375. The van der Waals surface area contributed by atoms with Crippen LogP contribution in [0.3, 0.4) is 0 Å². The second kappa shape index (κ2) is 31.1. The zero-order valence-electron chi connectivity index (χ0n) is 23.3. The summed E-state index contributed by atoms with van der Waals surface area (Å²) in [6.45, 7) is 2.82. The summed E-state index contributed by atoms with van der Waals surface area (Å²) < 4.78 is 7.24. The fourth-order valence-corrected chi connectivity index (χ4v) is 5.89. The van der Waals surface area contributed by atoms with Crippen LogP contribution in [0.15, 0.2) is 45.3 Å². The summed E-state index contributed by atoms with van der Waals surface area (Å²) in [7, 11) is 3.95. The Morgan fingerprint density at radius 3 is 1.75 bits per heavy atom. The molecule has 2 fully saturated rings. The van der Waals surface area contributed by atoms with Crippen LogP contribution in [0, 0.1) is 11.8 Å². The van der Waals surface area contributed by atoms with Gasteiger partial charge in [0.25, 0.3) is 6.47 Å². The van der Waals surface area contributed by atoms with Gasteiger partial charge in [0.1, 0.15) is 11.5 Å². The molecule has 0 saturated heterocycles. The fourth-order valence-electron chi connectivity index (χ4n) is 2.39. The largest absolute Gasteiger partial charge is 1.00 e. The maximum atomic E-state index is 10.7. The summed E-state index contributed by atoms with van der Waals surface area (Å²) in [6, 6.07) is 10.2. The maximum Gasteiger partial charge on any atom is 1.00 e. The molecular formula is C24H28Br2K2O7S5. The van der Waals surface area contributed by atoms with Gasteiger partial charge in [-0.2, -0.15) is 0 Å². The average molecular weight is 827 g/mol. The van der Waals surface area contributed by atoms with E-state index in [4.69, 9.17) is 19.9 Å². The molecule has 4 rings (SSSR count). The van der Waals surface area contributed by atoms with Gasteiger partial charge in [0.2, 0.25) is 0 Å². The van der Waals surface area contributed by atoms with Crippen LogP contribution in [0.4, 0.5) is 0 Å². The quantitative estimate of drug-likeness (QED) is 0.169. The van der Waals surface area contributed by atoms with Crippen LogP contribution in [-0.4, -0.2) is 30.8 Å². The minimum Gasteiger partial charge on any atom is -1.00 e. The van der Waals surface area contributed by atoms with Crippen molar-refractivity contribution in [2.45, 2.75) is 39.0 Å². The Kier molecular flexibility index (Phi) is 36.2. The number of hydrogen-bond acceptors (Lipinski definition) is 9. The molecule has 7 nitrogen and oxygen atoms in total. The molecule has 40 heavy (non-hydrogen) atoms. The molecule has 0 radical (unpaired) electrons. The van der Waals surface area contributed by atoms with Gasteiger partial charge < -0.3 is 21.4 Å². The van der Waals surface area contributed by atoms with Crippen LogP contribution in [0.1, 0.15) is 61.2 Å². The van der Waals surface area contributed by atoms with Gasteiger partial charge in [0.05, 0.1) is 17.7 Å². The third-order valence-electron chi connectivity index (χ3n) is 4.76. The van der Waals surface area contributed by atoms with E-state index in [1.807, 2.05) is 12.1 Å². The molecule has 2 aliphatic rings. The van der Waals surface area contributed by atoms with Crippen molar-refractivity contribution in [2.75, 3.05) is 6.61 Å². The van der Waals surface area contributed by atoms with Crippen LogP contribution in [0.2, 0.25) is 0 Å². The molecule has 0 heterocycles. The van der Waals surface area contributed by atoms with Crippen molar-refractivity contribution in [1.29, 1.82) is 0 Å². The molecule has 0 amide bonds. The number of rotatable bonds is 7. The van der Waals surface area contributed by atoms with E-state index < -0.39 is 0 Å². The van der Waals surface area contributed by atoms with Gasteiger partial charge in [-0.3, -0.25) is 14.4 Å². The molecule has 2 saturated carbocycles. The summed E-state index contributed by atoms with van der Waals surface area (Å²) in [4.78, 5) is 32.2. The SMILES string of the molecule is CCC1CC1.O=CO[O-].O=Cc1cc(Br)ccc1O.O=Cc1cc(Br)ccc1OCC1CC1.S=S=S=S=S.[H-].[K+].[K+]. The monoisotopic (exact) mass is 824 g/mol. The first kappa shape index (κ1) is 46.6. The number of ether oxygens (including phenoxy) is 1. The molecule has 2 aromatic rings. The first-order chi connectivity index (χ1) is 18.3. The molecule has 2 aliphatic carbocycles. The summed E-state index contributed by atoms with van der Waals surface area (Å²) in [5.74, 6) is 2.54. The zero-order valence-corrected chi connectivity index (χ0v) is 35.8. The van der Waals surface area contributed by atoms with Gasteiger partial charge >= 0.3 is 103 Å². The van der Waals surface area contributed by atoms with Crippen molar-refractivity contribution in [3.63, 3.8) is 0 Å². The predicted octanol–water partition coefficient (Wildman–Crippen LogP) is -0.633. The summed E-state index contributed by atoms with van der Waals surface area (Å²) >= 11 is 15.4. The molecular weight excluding hydrogens is 799 g/mol. The van der Waals surface area contributed by atoms with Crippen molar-refractivity contribution in [3.8, 4) is 11.5 Å². The summed E-state index contributed by atoms with van der Waals surface area (Å²) in [5, 5.41) is 17.4. The average Bonchev–Trinajstić information content (AvgIpc) is 3.85. The van der Waals surface area contributed by atoms with Crippen molar-refractivity contribution in [2.24, 2.45) is 11.8 Å². The Hall–Kier alpha value is 2.14. The predicted molar refractivity (Wildman–Crippen MR) is 167 cm³/mol. The third-order valence-corrected chi connectivity index (χ3v) is 10.2. The molecule has 1 N–H and O–H groups in total. The molecule has 0 bridgehead atoms. The number of phenols is 1. The van der Waals surface area contributed by atoms with E-state index in [9.17, 15) is 9.59 Å². The van der Waals surface area contributed by atoms with E-state index in [1.54, 1.807) is 18.2 Å². The van der Waals surface area contributed by atoms with E-state index >= 15 is 0 Å². The minimum absolute atomic E-state index is 0. The topological polar surface area (TPSA) is 113 Å². The number of carbonyl (C=O) groups excluding carboxylic acids is 3. The van der Waals surface area contributed by atoms with Crippen LogP contribution in [0.25, 0.3) is 0 Å². The molecule has 0 atom stereocenters. The van der Waals surface area contributed by atoms with Crippen LogP contribution < -0.4 is 113 Å². The summed E-state index contributed by atoms with van der Waals surface area (Å²) in [5.41, 5.74) is 0.911. The number of carbonyl (C=O) groups is 3. The second-order valence-electron chi connectivity index (χ2n) is 7.62. The number of phenolic OH excluding ortho intramolecular Hbond substituents is 1. The van der Waals surface area contributed by atoms with Gasteiger partial charge in [-0.05, 0) is 61.1 Å². The number of halogens is 2. The van der Waals surface area contributed by atoms with Crippen molar-refractivity contribution >= 4 is 99.9 Å². The minimum atomic E-state index is -0.181. The van der Waals surface area contributed by atoms with Gasteiger partial charge in [0, 0.05) is 58.0 Å². The maximum absolute atomic E-state index is 10.7. The van der Waals surface area contributed by atoms with Crippen molar-refractivity contribution in [1.82, 2.24) is 0 Å². The number of aromatic hydroxyl groups is 1.